The van der Waals surface area contributed by atoms with Gasteiger partial charge in [-0.3, -0.25) is 0 Å². The quantitative estimate of drug-likeness (QED) is 0.393. The van der Waals surface area contributed by atoms with Crippen molar-refractivity contribution in [3.63, 3.8) is 0 Å². The van der Waals surface area contributed by atoms with Gasteiger partial charge >= 0.3 is 75.9 Å². The zero-order chi connectivity index (χ0) is 9.28. The monoisotopic (exact) mass is 237 g/mol. The summed E-state index contributed by atoms with van der Waals surface area (Å²) >= 11 is 0.199. The molecule has 0 nitrogen and oxygen atoms in total. The van der Waals surface area contributed by atoms with Crippen LogP contribution in [0.15, 0.2) is 0 Å². The zero-order valence-corrected chi connectivity index (χ0v) is 11.4. The van der Waals surface area contributed by atoms with Crippen molar-refractivity contribution in [3.8, 4) is 11.3 Å². The fourth-order valence-corrected chi connectivity index (χ4v) is 29.8. The van der Waals surface area contributed by atoms with E-state index in [0.29, 0.717) is 0 Å². The summed E-state index contributed by atoms with van der Waals surface area (Å²) < 4.78 is 0. The molecule has 3 heteroatoms. The van der Waals surface area contributed by atoms with Gasteiger partial charge in [-0.05, 0) is 0 Å². The van der Waals surface area contributed by atoms with Crippen LogP contribution in [0.4, 0.5) is 0 Å². The number of hydrogen-bond acceptors (Lipinski definition) is 0. The molecule has 0 heterocycles. The first-order chi connectivity index (χ1) is 4.69. The summed E-state index contributed by atoms with van der Waals surface area (Å²) in [6.07, 6.45) is 5.58. The van der Waals surface area contributed by atoms with Crippen molar-refractivity contribution in [2.45, 2.75) is 0 Å². The number of rotatable bonds is 2. The molecule has 0 N–H and O–H groups in total. The van der Waals surface area contributed by atoms with Crippen LogP contribution in [0, 0.1) is 11.3 Å². The summed E-state index contributed by atoms with van der Waals surface area (Å²) in [5, 5.41) is 0. The first-order valence-electron chi connectivity index (χ1n) is 3.76. The van der Waals surface area contributed by atoms with E-state index in [9.17, 15) is 0 Å². The first kappa shape index (κ1) is 11.9. The van der Waals surface area contributed by atoms with Crippen molar-refractivity contribution in [3.05, 3.63) is 0 Å². The Bertz CT molecular complexity index is 154. The van der Waals surface area contributed by atoms with Gasteiger partial charge in [0, 0.05) is 0 Å². The molecule has 0 saturated carbocycles. The van der Waals surface area contributed by atoms with E-state index in [1.54, 1.807) is 0 Å². The van der Waals surface area contributed by atoms with Crippen LogP contribution in [0.3, 0.4) is 0 Å². The summed E-state index contributed by atoms with van der Waals surface area (Å²) in [5.41, 5.74) is 0. The van der Waals surface area contributed by atoms with Crippen molar-refractivity contribution < 1.29 is 12.5 Å². The van der Waals surface area contributed by atoms with Crippen molar-refractivity contribution in [1.29, 1.82) is 0 Å². The van der Waals surface area contributed by atoms with E-state index in [-0.39, 0.29) is 12.5 Å². The average molecular weight is 238 g/mol. The molecule has 0 saturated heterocycles. The molecule has 0 bridgehead atoms. The molecule has 0 aromatic rings. The van der Waals surface area contributed by atoms with Crippen LogP contribution in [-0.2, 0) is 12.5 Å². The Labute approximate surface area is 76.1 Å². The van der Waals surface area contributed by atoms with Crippen LogP contribution in [0.5, 0.6) is 0 Å². The molecule has 0 aliphatic rings. The Morgan fingerprint density at radius 2 is 1.18 bits per heavy atom. The van der Waals surface area contributed by atoms with Crippen LogP contribution < -0.4 is 0 Å². The molecule has 0 rings (SSSR count). The van der Waals surface area contributed by atoms with Gasteiger partial charge in [-0.15, -0.1) is 0 Å². The minimum absolute atomic E-state index is 0.199. The van der Waals surface area contributed by atoms with Gasteiger partial charge < -0.3 is 0 Å². The Morgan fingerprint density at radius 1 is 0.909 bits per heavy atom. The predicted octanol–water partition coefficient (Wildman–Crippen LogP) is 2.30. The second-order valence-electron chi connectivity index (χ2n) is 4.28. The molecule has 0 atom stereocenters. The van der Waals surface area contributed by atoms with E-state index in [2.05, 4.69) is 44.9 Å². The Hall–Kier alpha value is 0.914. The van der Waals surface area contributed by atoms with E-state index in [0.717, 1.165) is 0 Å². The molecule has 0 fully saturated rings. The SMILES string of the molecule is C#[C][Ni]([PH](C)(C)C)[PH](C)(C)C. The summed E-state index contributed by atoms with van der Waals surface area (Å²) in [6, 6.07) is -2.11. The van der Waals surface area contributed by atoms with Crippen LogP contribution in [0.2, 0.25) is 0 Å². The molecule has 73 valence electrons. The van der Waals surface area contributed by atoms with Gasteiger partial charge in [-0.25, -0.2) is 0 Å². The topological polar surface area (TPSA) is 0 Å². The van der Waals surface area contributed by atoms with Gasteiger partial charge in [0.15, 0.2) is 0 Å². The van der Waals surface area contributed by atoms with Crippen LogP contribution in [0.1, 0.15) is 0 Å². The van der Waals surface area contributed by atoms with E-state index in [1.807, 2.05) is 0 Å². The molecule has 11 heavy (non-hydrogen) atoms. The van der Waals surface area contributed by atoms with Crippen LogP contribution in [0.25, 0.3) is 0 Å². The van der Waals surface area contributed by atoms with Crippen molar-refractivity contribution >= 4 is 12.1 Å². The third-order valence-corrected chi connectivity index (χ3v) is 24.6. The summed E-state index contributed by atoms with van der Waals surface area (Å²) in [4.78, 5) is 3.05. The average Bonchev–Trinajstić information content (AvgIpc) is 1.56. The molecule has 0 aliphatic heterocycles. The minimum atomic E-state index is -1.05. The molecule has 0 spiro atoms. The fraction of sp³-hybridized carbons (Fsp3) is 0.750. The first-order valence-corrected chi connectivity index (χ1v) is 13.9. The second kappa shape index (κ2) is 3.75. The van der Waals surface area contributed by atoms with Gasteiger partial charge in [0.2, 0.25) is 0 Å². The maximum absolute atomic E-state index is 5.58. The van der Waals surface area contributed by atoms with Gasteiger partial charge in [-0.2, -0.15) is 0 Å². The van der Waals surface area contributed by atoms with Crippen molar-refractivity contribution in [2.75, 3.05) is 40.0 Å². The van der Waals surface area contributed by atoms with Gasteiger partial charge in [-0.1, -0.05) is 0 Å². The standard InChI is InChI=1S/2C3H9P.C2H.Ni/c2*1-4(2)3;1-2;/h2*1-3H3;1H;/q;;;-2/p+2. The molecular weight excluding hydrogens is 217 g/mol. The van der Waals surface area contributed by atoms with Crippen molar-refractivity contribution in [1.82, 2.24) is 0 Å². The maximum atomic E-state index is 5.58. The van der Waals surface area contributed by atoms with Crippen LogP contribution >= 0.6 is 12.1 Å². The Morgan fingerprint density at radius 3 is 1.18 bits per heavy atom. The van der Waals surface area contributed by atoms with Crippen LogP contribution in [-0.4, -0.2) is 40.0 Å². The summed E-state index contributed by atoms with van der Waals surface area (Å²) in [5.74, 6) is 0. The molecular formula is C8H21NiP2. The summed E-state index contributed by atoms with van der Waals surface area (Å²) in [6.45, 7) is 14.3. The fourth-order valence-electron chi connectivity index (χ4n) is 0.985. The van der Waals surface area contributed by atoms with E-state index >= 15 is 0 Å². The van der Waals surface area contributed by atoms with Gasteiger partial charge in [0.1, 0.15) is 0 Å². The van der Waals surface area contributed by atoms with Gasteiger partial charge in [0.25, 0.3) is 0 Å². The summed E-state index contributed by atoms with van der Waals surface area (Å²) in [7, 11) is 0. The number of terminal acetylenes is 1. The predicted molar refractivity (Wildman–Crippen MR) is 61.0 cm³/mol. The third-order valence-electron chi connectivity index (χ3n) is 1.04. The normalized spacial score (nSPS) is 17.0. The molecule has 0 aromatic carbocycles. The second-order valence-corrected chi connectivity index (χ2v) is 26.0. The molecule has 0 aliphatic carbocycles. The van der Waals surface area contributed by atoms with Gasteiger partial charge in [0.05, 0.1) is 0 Å². The van der Waals surface area contributed by atoms with Crippen molar-refractivity contribution in [2.24, 2.45) is 0 Å². The molecule has 0 amide bonds. The molecule has 0 aromatic heterocycles. The third kappa shape index (κ3) is 3.90. The van der Waals surface area contributed by atoms with E-state index in [1.165, 1.54) is 0 Å². The Balaban J connectivity index is 4.60. The molecule has 0 unspecified atom stereocenters. The zero-order valence-electron chi connectivity index (χ0n) is 8.39. The van der Waals surface area contributed by atoms with E-state index < -0.39 is 12.1 Å². The Kier molecular flexibility index (Phi) is 4.06. The number of hydrogen-bond donors (Lipinski definition) is 0. The molecule has 0 radical (unpaired) electrons. The van der Waals surface area contributed by atoms with E-state index in [4.69, 9.17) is 6.42 Å².